The van der Waals surface area contributed by atoms with E-state index >= 15 is 0 Å². The minimum atomic E-state index is -4.19. The second kappa shape index (κ2) is 5.10. The quantitative estimate of drug-likeness (QED) is 0.834. The molecule has 1 heterocycles. The molecule has 106 valence electrons. The van der Waals surface area contributed by atoms with Crippen LogP contribution in [0.15, 0.2) is 17.0 Å². The van der Waals surface area contributed by atoms with Gasteiger partial charge in [0, 0.05) is 25.2 Å². The highest BCUT2D eigenvalue weighted by atomic mass is 32.2. The van der Waals surface area contributed by atoms with Crippen LogP contribution in [0.2, 0.25) is 0 Å². The molecule has 0 bridgehead atoms. The first kappa shape index (κ1) is 14.3. The van der Waals surface area contributed by atoms with Gasteiger partial charge in [0.2, 0.25) is 10.0 Å². The van der Waals surface area contributed by atoms with Crippen LogP contribution in [0.5, 0.6) is 0 Å². The van der Waals surface area contributed by atoms with Gasteiger partial charge >= 0.3 is 0 Å². The van der Waals surface area contributed by atoms with Crippen LogP contribution in [0.4, 0.5) is 13.2 Å². The van der Waals surface area contributed by atoms with Crippen LogP contribution < -0.4 is 5.73 Å². The van der Waals surface area contributed by atoms with Gasteiger partial charge in [-0.2, -0.15) is 4.31 Å². The monoisotopic (exact) mass is 294 g/mol. The smallest absolute Gasteiger partial charge is 0.246 e. The zero-order valence-electron chi connectivity index (χ0n) is 9.94. The summed E-state index contributed by atoms with van der Waals surface area (Å²) in [7, 11) is -4.19. The normalized spacial score (nSPS) is 21.6. The highest BCUT2D eigenvalue weighted by Gasteiger charge is 2.32. The van der Waals surface area contributed by atoms with Gasteiger partial charge in [-0.05, 0) is 18.9 Å². The van der Waals surface area contributed by atoms with Crippen molar-refractivity contribution in [3.8, 4) is 0 Å². The molecule has 0 radical (unpaired) electrons. The number of piperidine rings is 1. The van der Waals surface area contributed by atoms with Crippen molar-refractivity contribution in [1.82, 2.24) is 4.31 Å². The van der Waals surface area contributed by atoms with E-state index in [2.05, 4.69) is 0 Å². The van der Waals surface area contributed by atoms with Gasteiger partial charge in [-0.1, -0.05) is 0 Å². The average molecular weight is 294 g/mol. The van der Waals surface area contributed by atoms with Crippen LogP contribution in [-0.4, -0.2) is 31.9 Å². The first-order valence-corrected chi connectivity index (χ1v) is 7.16. The third kappa shape index (κ3) is 2.75. The van der Waals surface area contributed by atoms with Gasteiger partial charge < -0.3 is 5.73 Å². The molecular weight excluding hydrogens is 281 g/mol. The van der Waals surface area contributed by atoms with E-state index in [0.717, 1.165) is 4.31 Å². The van der Waals surface area contributed by atoms with E-state index in [9.17, 15) is 21.6 Å². The van der Waals surface area contributed by atoms with Crippen molar-refractivity contribution >= 4 is 10.0 Å². The van der Waals surface area contributed by atoms with Crippen LogP contribution in [0.1, 0.15) is 12.8 Å². The van der Waals surface area contributed by atoms with Crippen molar-refractivity contribution in [2.24, 2.45) is 5.73 Å². The maximum atomic E-state index is 13.5. The van der Waals surface area contributed by atoms with E-state index in [1.165, 1.54) is 0 Å². The predicted molar refractivity (Wildman–Crippen MR) is 62.3 cm³/mol. The van der Waals surface area contributed by atoms with Crippen LogP contribution in [-0.2, 0) is 10.0 Å². The number of rotatable bonds is 2. The fourth-order valence-corrected chi connectivity index (χ4v) is 3.63. The molecular formula is C11H13F3N2O2S. The Hall–Kier alpha value is -1.12. The summed E-state index contributed by atoms with van der Waals surface area (Å²) in [6, 6.07) is 0.253. The van der Waals surface area contributed by atoms with Gasteiger partial charge in [-0.15, -0.1) is 0 Å². The zero-order valence-corrected chi connectivity index (χ0v) is 10.8. The number of halogens is 3. The Morgan fingerprint density at radius 1 is 1.16 bits per heavy atom. The highest BCUT2D eigenvalue weighted by molar-refractivity contribution is 7.89. The minimum absolute atomic E-state index is 0.0424. The van der Waals surface area contributed by atoms with E-state index in [1.54, 1.807) is 0 Å². The summed E-state index contributed by atoms with van der Waals surface area (Å²) < 4.78 is 64.7. The molecule has 8 heteroatoms. The molecule has 1 unspecified atom stereocenters. The lowest BCUT2D eigenvalue weighted by Crippen LogP contribution is -2.45. The molecule has 1 aliphatic rings. The fraction of sp³-hybridized carbons (Fsp3) is 0.455. The second-order valence-corrected chi connectivity index (χ2v) is 6.37. The summed E-state index contributed by atoms with van der Waals surface area (Å²) in [5.41, 5.74) is 5.66. The topological polar surface area (TPSA) is 63.4 Å². The van der Waals surface area contributed by atoms with Crippen LogP contribution in [0.3, 0.4) is 0 Å². The lowest BCUT2D eigenvalue weighted by molar-refractivity contribution is 0.314. The van der Waals surface area contributed by atoms with Crippen LogP contribution >= 0.6 is 0 Å². The minimum Gasteiger partial charge on any atom is -0.327 e. The number of hydrogen-bond acceptors (Lipinski definition) is 3. The van der Waals surface area contributed by atoms with Crippen molar-refractivity contribution < 1.29 is 21.6 Å². The van der Waals surface area contributed by atoms with Crippen LogP contribution in [0, 0.1) is 17.5 Å². The Kier molecular flexibility index (Phi) is 3.84. The van der Waals surface area contributed by atoms with E-state index in [0.29, 0.717) is 18.9 Å². The van der Waals surface area contributed by atoms with Gasteiger partial charge in [-0.25, -0.2) is 21.6 Å². The fourth-order valence-electron chi connectivity index (χ4n) is 2.03. The zero-order chi connectivity index (χ0) is 14.2. The molecule has 1 saturated heterocycles. The maximum absolute atomic E-state index is 13.5. The SMILES string of the molecule is NC1CCCN(S(=O)(=O)c2cc(F)c(F)cc2F)C1. The Morgan fingerprint density at radius 3 is 2.42 bits per heavy atom. The molecule has 0 amide bonds. The van der Waals surface area contributed by atoms with E-state index < -0.39 is 32.4 Å². The molecule has 0 aromatic heterocycles. The molecule has 1 fully saturated rings. The summed E-state index contributed by atoms with van der Waals surface area (Å²) in [4.78, 5) is -0.861. The molecule has 2 N–H and O–H groups in total. The lowest BCUT2D eigenvalue weighted by Gasteiger charge is -2.29. The summed E-state index contributed by atoms with van der Waals surface area (Å²) in [6.45, 7) is 0.231. The number of nitrogens with zero attached hydrogens (tertiary/aromatic N) is 1. The Morgan fingerprint density at radius 2 is 1.79 bits per heavy atom. The molecule has 0 aliphatic carbocycles. The largest absolute Gasteiger partial charge is 0.327 e. The first-order valence-electron chi connectivity index (χ1n) is 5.72. The van der Waals surface area contributed by atoms with E-state index in [1.807, 2.05) is 0 Å². The third-order valence-electron chi connectivity index (χ3n) is 3.01. The summed E-state index contributed by atoms with van der Waals surface area (Å²) >= 11 is 0. The van der Waals surface area contributed by atoms with Crippen molar-refractivity contribution in [2.75, 3.05) is 13.1 Å². The van der Waals surface area contributed by atoms with Gasteiger partial charge in [0.1, 0.15) is 10.7 Å². The van der Waals surface area contributed by atoms with Gasteiger partial charge in [-0.3, -0.25) is 0 Å². The molecule has 0 spiro atoms. The predicted octanol–water partition coefficient (Wildman–Crippen LogP) is 1.22. The lowest BCUT2D eigenvalue weighted by atomic mass is 10.1. The highest BCUT2D eigenvalue weighted by Crippen LogP contribution is 2.24. The Labute approximate surface area is 109 Å². The molecule has 2 rings (SSSR count). The van der Waals surface area contributed by atoms with Gasteiger partial charge in [0.05, 0.1) is 0 Å². The standard InChI is InChI=1S/C11H13F3N2O2S/c12-8-4-10(14)11(5-9(8)13)19(17,18)16-3-1-2-7(15)6-16/h4-5,7H,1-3,6,15H2. The van der Waals surface area contributed by atoms with Crippen molar-refractivity contribution in [3.05, 3.63) is 29.6 Å². The molecule has 1 aromatic rings. The molecule has 19 heavy (non-hydrogen) atoms. The third-order valence-corrected chi connectivity index (χ3v) is 4.89. The molecule has 1 aromatic carbocycles. The van der Waals surface area contributed by atoms with E-state index in [-0.39, 0.29) is 25.2 Å². The Balaban J connectivity index is 2.42. The number of benzene rings is 1. The molecule has 1 atom stereocenters. The van der Waals surface area contributed by atoms with Crippen molar-refractivity contribution in [2.45, 2.75) is 23.8 Å². The number of sulfonamides is 1. The number of nitrogens with two attached hydrogens (primary N) is 1. The van der Waals surface area contributed by atoms with Crippen LogP contribution in [0.25, 0.3) is 0 Å². The Bertz CT molecular complexity index is 592. The summed E-state index contributed by atoms with van der Waals surface area (Å²) in [5.74, 6) is -4.13. The number of hydrogen-bond donors (Lipinski definition) is 1. The van der Waals surface area contributed by atoms with Crippen molar-refractivity contribution in [3.63, 3.8) is 0 Å². The van der Waals surface area contributed by atoms with Crippen molar-refractivity contribution in [1.29, 1.82) is 0 Å². The first-order chi connectivity index (χ1) is 8.82. The molecule has 4 nitrogen and oxygen atoms in total. The molecule has 1 aliphatic heterocycles. The molecule has 0 saturated carbocycles. The van der Waals surface area contributed by atoms with E-state index in [4.69, 9.17) is 5.73 Å². The summed E-state index contributed by atoms with van der Waals surface area (Å²) in [5, 5.41) is 0. The maximum Gasteiger partial charge on any atom is 0.246 e. The average Bonchev–Trinajstić information content (AvgIpc) is 2.33. The summed E-state index contributed by atoms with van der Waals surface area (Å²) in [6.07, 6.45) is 1.22. The van der Waals surface area contributed by atoms with Gasteiger partial charge in [0.15, 0.2) is 11.6 Å². The second-order valence-electron chi connectivity index (χ2n) is 4.46. The van der Waals surface area contributed by atoms with Gasteiger partial charge in [0.25, 0.3) is 0 Å².